The van der Waals surface area contributed by atoms with Crippen molar-refractivity contribution >= 4 is 17.4 Å². The van der Waals surface area contributed by atoms with Gasteiger partial charge in [-0.2, -0.15) is 15.4 Å². The van der Waals surface area contributed by atoms with Crippen molar-refractivity contribution in [2.75, 3.05) is 13.2 Å². The van der Waals surface area contributed by atoms with Gasteiger partial charge in [0.15, 0.2) is 0 Å². The molecule has 3 aromatic rings. The van der Waals surface area contributed by atoms with E-state index in [1.165, 1.54) is 12.3 Å². The van der Waals surface area contributed by atoms with Gasteiger partial charge in [-0.1, -0.05) is 30.3 Å². The Balaban J connectivity index is 1.59. The van der Waals surface area contributed by atoms with Crippen molar-refractivity contribution < 1.29 is 18.7 Å². The van der Waals surface area contributed by atoms with Gasteiger partial charge in [-0.15, -0.1) is 0 Å². The summed E-state index contributed by atoms with van der Waals surface area (Å²) in [7, 11) is 0. The first kappa shape index (κ1) is 18.4. The van der Waals surface area contributed by atoms with Gasteiger partial charge in [-0.05, 0) is 35.8 Å². The number of carbonyl (C=O) groups excluding carboxylic acids is 2. The van der Waals surface area contributed by atoms with Gasteiger partial charge in [-0.3, -0.25) is 14.5 Å². The first-order valence-electron chi connectivity index (χ1n) is 9.54. The number of aromatic nitrogens is 3. The number of nitrogens with one attached hydrogen (secondary N) is 1. The van der Waals surface area contributed by atoms with Crippen molar-refractivity contribution in [2.45, 2.75) is 12.5 Å². The maximum absolute atomic E-state index is 15.1. The van der Waals surface area contributed by atoms with E-state index < -0.39 is 23.7 Å². The van der Waals surface area contributed by atoms with Crippen molar-refractivity contribution in [1.29, 1.82) is 0 Å². The highest BCUT2D eigenvalue weighted by molar-refractivity contribution is 6.21. The number of benzene rings is 2. The molecule has 1 unspecified atom stereocenters. The quantitative estimate of drug-likeness (QED) is 0.675. The summed E-state index contributed by atoms with van der Waals surface area (Å²) in [5.41, 5.74) is 2.79. The van der Waals surface area contributed by atoms with Crippen molar-refractivity contribution in [1.82, 2.24) is 20.3 Å². The predicted molar refractivity (Wildman–Crippen MR) is 105 cm³/mol. The van der Waals surface area contributed by atoms with Crippen LogP contribution in [0.5, 0.6) is 0 Å². The standard InChI is InChI=1S/C22H17FN4O3/c23-18-11-14(5-6-15(18)13-7-9-30-10-8-13)20(19-12-24-26-25-19)27-21(28)16-3-1-2-4-17(16)22(27)29/h1-7,11-12,20H,8-10H2,(H,24,25,26). The zero-order chi connectivity index (χ0) is 20.7. The number of ether oxygens (including phenoxy) is 1. The number of imide groups is 1. The van der Waals surface area contributed by atoms with E-state index in [4.69, 9.17) is 4.74 Å². The van der Waals surface area contributed by atoms with Gasteiger partial charge in [0.2, 0.25) is 0 Å². The summed E-state index contributed by atoms with van der Waals surface area (Å²) in [6.45, 7) is 0.997. The van der Waals surface area contributed by atoms with E-state index in [1.807, 2.05) is 6.08 Å². The Hall–Kier alpha value is -3.65. The van der Waals surface area contributed by atoms with Crippen molar-refractivity contribution in [3.8, 4) is 0 Å². The average Bonchev–Trinajstić information content (AvgIpc) is 3.39. The Morgan fingerprint density at radius 1 is 1.07 bits per heavy atom. The van der Waals surface area contributed by atoms with Crippen LogP contribution in [0.3, 0.4) is 0 Å². The molecule has 0 aliphatic carbocycles. The van der Waals surface area contributed by atoms with Crippen LogP contribution in [-0.2, 0) is 4.74 Å². The maximum atomic E-state index is 15.1. The number of nitrogens with zero attached hydrogens (tertiary/aromatic N) is 3. The van der Waals surface area contributed by atoms with Crippen LogP contribution in [0.1, 0.15) is 50.0 Å². The van der Waals surface area contributed by atoms with Crippen molar-refractivity contribution in [2.24, 2.45) is 0 Å². The van der Waals surface area contributed by atoms with E-state index in [0.717, 1.165) is 10.5 Å². The maximum Gasteiger partial charge on any atom is 0.262 e. The largest absolute Gasteiger partial charge is 0.377 e. The third-order valence-electron chi connectivity index (χ3n) is 5.42. The highest BCUT2D eigenvalue weighted by atomic mass is 19.1. The minimum Gasteiger partial charge on any atom is -0.377 e. The Morgan fingerprint density at radius 2 is 1.83 bits per heavy atom. The summed E-state index contributed by atoms with van der Waals surface area (Å²) in [5.74, 6) is -1.31. The van der Waals surface area contributed by atoms with Gasteiger partial charge >= 0.3 is 0 Å². The van der Waals surface area contributed by atoms with Crippen LogP contribution in [0.25, 0.3) is 5.57 Å². The highest BCUT2D eigenvalue weighted by Crippen LogP contribution is 2.36. The summed E-state index contributed by atoms with van der Waals surface area (Å²) in [6.07, 6.45) is 3.92. The lowest BCUT2D eigenvalue weighted by Gasteiger charge is -2.25. The Labute approximate surface area is 171 Å². The number of rotatable bonds is 4. The fourth-order valence-electron chi connectivity index (χ4n) is 3.97. The second kappa shape index (κ2) is 7.31. The summed E-state index contributed by atoms with van der Waals surface area (Å²) in [6, 6.07) is 10.5. The Kier molecular flexibility index (Phi) is 4.48. The molecule has 1 N–H and O–H groups in total. The fraction of sp³-hybridized carbons (Fsp3) is 0.182. The van der Waals surface area contributed by atoms with Crippen LogP contribution < -0.4 is 0 Å². The molecule has 8 heteroatoms. The number of halogens is 1. The Morgan fingerprint density at radius 3 is 2.43 bits per heavy atom. The minimum atomic E-state index is -0.900. The van der Waals surface area contributed by atoms with E-state index in [2.05, 4.69) is 15.4 Å². The lowest BCUT2D eigenvalue weighted by atomic mass is 9.96. The van der Waals surface area contributed by atoms with Gasteiger partial charge in [0.25, 0.3) is 11.8 Å². The molecule has 1 aromatic heterocycles. The molecule has 0 radical (unpaired) electrons. The molecular formula is C22H17FN4O3. The lowest BCUT2D eigenvalue weighted by Crippen LogP contribution is -2.35. The molecule has 1 atom stereocenters. The van der Waals surface area contributed by atoms with Gasteiger partial charge in [-0.25, -0.2) is 4.39 Å². The van der Waals surface area contributed by atoms with E-state index in [0.29, 0.717) is 47.6 Å². The van der Waals surface area contributed by atoms with Gasteiger partial charge in [0.1, 0.15) is 17.6 Å². The molecule has 0 fully saturated rings. The third kappa shape index (κ3) is 2.93. The third-order valence-corrected chi connectivity index (χ3v) is 5.42. The number of H-pyrrole nitrogens is 1. The van der Waals surface area contributed by atoms with Crippen LogP contribution >= 0.6 is 0 Å². The van der Waals surface area contributed by atoms with Gasteiger partial charge in [0.05, 0.1) is 30.5 Å². The lowest BCUT2D eigenvalue weighted by molar-refractivity contribution is 0.0605. The van der Waals surface area contributed by atoms with Crippen molar-refractivity contribution in [3.05, 3.63) is 88.5 Å². The first-order chi connectivity index (χ1) is 14.6. The molecule has 2 aliphatic rings. The monoisotopic (exact) mass is 404 g/mol. The summed E-state index contributed by atoms with van der Waals surface area (Å²) >= 11 is 0. The number of carbonyl (C=O) groups is 2. The van der Waals surface area contributed by atoms with Crippen LogP contribution in [0.15, 0.2) is 54.7 Å². The number of aromatic amines is 1. The van der Waals surface area contributed by atoms with Gasteiger partial charge < -0.3 is 4.74 Å². The number of fused-ring (bicyclic) bond motifs is 1. The molecule has 0 saturated carbocycles. The molecule has 0 spiro atoms. The molecule has 150 valence electrons. The molecule has 0 bridgehead atoms. The molecule has 0 saturated heterocycles. The molecular weight excluding hydrogens is 387 g/mol. The smallest absolute Gasteiger partial charge is 0.262 e. The topological polar surface area (TPSA) is 88.2 Å². The van der Waals surface area contributed by atoms with E-state index in [-0.39, 0.29) is 0 Å². The van der Waals surface area contributed by atoms with Crippen LogP contribution in [0.2, 0.25) is 0 Å². The average molecular weight is 404 g/mol. The second-order valence-electron chi connectivity index (χ2n) is 7.12. The normalized spacial score (nSPS) is 17.1. The SMILES string of the molecule is O=C1c2ccccc2C(=O)N1C(c1ccc(C2=CCOCC2)c(F)c1)c1cn[nH]n1. The fourth-order valence-corrected chi connectivity index (χ4v) is 3.97. The van der Waals surface area contributed by atoms with Crippen LogP contribution in [0.4, 0.5) is 4.39 Å². The van der Waals surface area contributed by atoms with E-state index in [1.54, 1.807) is 36.4 Å². The molecule has 30 heavy (non-hydrogen) atoms. The zero-order valence-electron chi connectivity index (χ0n) is 15.8. The van der Waals surface area contributed by atoms with Crippen LogP contribution in [0, 0.1) is 5.82 Å². The van der Waals surface area contributed by atoms with Crippen molar-refractivity contribution in [3.63, 3.8) is 0 Å². The molecule has 3 heterocycles. The highest BCUT2D eigenvalue weighted by Gasteiger charge is 2.42. The molecule has 2 aliphatic heterocycles. The second-order valence-corrected chi connectivity index (χ2v) is 7.12. The van der Waals surface area contributed by atoms with Crippen LogP contribution in [-0.4, -0.2) is 45.3 Å². The predicted octanol–water partition coefficient (Wildman–Crippen LogP) is 3.13. The summed E-state index contributed by atoms with van der Waals surface area (Å²) in [5, 5.41) is 10.4. The molecule has 5 rings (SSSR count). The van der Waals surface area contributed by atoms with Gasteiger partial charge in [0, 0.05) is 5.56 Å². The molecule has 2 aromatic carbocycles. The minimum absolute atomic E-state index is 0.320. The van der Waals surface area contributed by atoms with E-state index in [9.17, 15) is 9.59 Å². The molecule has 7 nitrogen and oxygen atoms in total. The zero-order valence-corrected chi connectivity index (χ0v) is 15.8. The number of hydrogen-bond donors (Lipinski definition) is 1. The first-order valence-corrected chi connectivity index (χ1v) is 9.54. The van der Waals surface area contributed by atoms with E-state index >= 15 is 4.39 Å². The molecule has 2 amide bonds. The number of amides is 2. The summed E-state index contributed by atoms with van der Waals surface area (Å²) < 4.78 is 20.4. The summed E-state index contributed by atoms with van der Waals surface area (Å²) in [4.78, 5) is 27.2. The number of hydrogen-bond acceptors (Lipinski definition) is 5. The Bertz CT molecular complexity index is 1140.